The van der Waals surface area contributed by atoms with E-state index < -0.39 is 30.5 Å². The Balaban J connectivity index is 1.54. The van der Waals surface area contributed by atoms with Crippen molar-refractivity contribution >= 4 is 17.7 Å². The smallest absolute Gasteiger partial charge is 0.250 e. The molecule has 8 nitrogen and oxygen atoms in total. The number of hydrogen-bond donors (Lipinski definition) is 3. The van der Waals surface area contributed by atoms with Gasteiger partial charge in [-0.15, -0.1) is 0 Å². The van der Waals surface area contributed by atoms with Gasteiger partial charge in [0.15, 0.2) is 0 Å². The van der Waals surface area contributed by atoms with Crippen LogP contribution < -0.4 is 16.0 Å². The molecule has 2 aliphatic rings. The molecule has 0 saturated carbocycles. The van der Waals surface area contributed by atoms with Crippen molar-refractivity contribution in [3.05, 3.63) is 71.8 Å². The first-order chi connectivity index (χ1) is 16.4. The van der Waals surface area contributed by atoms with Gasteiger partial charge in [-0.25, -0.2) is 0 Å². The molecule has 2 heterocycles. The summed E-state index contributed by atoms with van der Waals surface area (Å²) in [4.78, 5) is 40.9. The van der Waals surface area contributed by atoms with Crippen molar-refractivity contribution in [2.75, 3.05) is 7.05 Å². The summed E-state index contributed by atoms with van der Waals surface area (Å²) < 4.78 is 6.05. The average molecular weight is 465 g/mol. The van der Waals surface area contributed by atoms with Crippen LogP contribution in [0, 0.1) is 0 Å². The largest absolute Gasteiger partial charge is 0.353 e. The van der Waals surface area contributed by atoms with Gasteiger partial charge in [0.1, 0.15) is 18.3 Å². The van der Waals surface area contributed by atoms with E-state index in [1.54, 1.807) is 20.9 Å². The van der Waals surface area contributed by atoms with Crippen LogP contribution >= 0.6 is 0 Å². The molecule has 34 heavy (non-hydrogen) atoms. The maximum atomic E-state index is 13.5. The van der Waals surface area contributed by atoms with Crippen molar-refractivity contribution in [3.63, 3.8) is 0 Å². The van der Waals surface area contributed by atoms with E-state index in [9.17, 15) is 14.4 Å². The lowest BCUT2D eigenvalue weighted by atomic mass is 9.98. The van der Waals surface area contributed by atoms with Crippen LogP contribution in [0.5, 0.6) is 0 Å². The van der Waals surface area contributed by atoms with E-state index in [1.165, 1.54) is 4.90 Å². The van der Waals surface area contributed by atoms with Crippen LogP contribution in [0.25, 0.3) is 0 Å². The zero-order valence-electron chi connectivity index (χ0n) is 19.7. The number of carbonyl (C=O) groups is 3. The van der Waals surface area contributed by atoms with Gasteiger partial charge < -0.3 is 25.6 Å². The molecule has 0 unspecified atom stereocenters. The summed E-state index contributed by atoms with van der Waals surface area (Å²) in [5, 5.41) is 8.81. The Morgan fingerprint density at radius 2 is 1.59 bits per heavy atom. The van der Waals surface area contributed by atoms with E-state index in [0.717, 1.165) is 11.1 Å². The molecular formula is C26H32N4O4. The first-order valence-electron chi connectivity index (χ1n) is 11.8. The van der Waals surface area contributed by atoms with Crippen LogP contribution in [0.2, 0.25) is 0 Å². The molecule has 3 amide bonds. The molecule has 180 valence electrons. The second-order valence-corrected chi connectivity index (χ2v) is 8.89. The van der Waals surface area contributed by atoms with Gasteiger partial charge in [-0.1, -0.05) is 60.7 Å². The van der Waals surface area contributed by atoms with Crippen LogP contribution in [0.15, 0.2) is 60.7 Å². The molecule has 4 rings (SSSR count). The zero-order chi connectivity index (χ0) is 24.2. The molecule has 0 aliphatic carbocycles. The average Bonchev–Trinajstić information content (AvgIpc) is 3.29. The predicted octanol–water partition coefficient (Wildman–Crippen LogP) is 1.72. The summed E-state index contributed by atoms with van der Waals surface area (Å²) in [6, 6.07) is 17.2. The lowest BCUT2D eigenvalue weighted by Gasteiger charge is -2.41. The molecule has 2 aliphatic heterocycles. The molecule has 2 saturated heterocycles. The van der Waals surface area contributed by atoms with Crippen molar-refractivity contribution in [1.29, 1.82) is 0 Å². The van der Waals surface area contributed by atoms with Crippen molar-refractivity contribution in [1.82, 2.24) is 20.9 Å². The van der Waals surface area contributed by atoms with Gasteiger partial charge in [0.25, 0.3) is 5.91 Å². The van der Waals surface area contributed by atoms with Crippen molar-refractivity contribution in [3.8, 4) is 0 Å². The number of benzene rings is 2. The first kappa shape index (κ1) is 23.9. The lowest BCUT2D eigenvalue weighted by Crippen LogP contribution is -2.65. The SMILES string of the molecule is CN[C@@H](C)C(=O)N[C@@H]1C(=O)N2[C@H](CC[C@H]2C(=O)NC(c2ccccc2)c2ccccc2)O[C@@H]1C. The number of amides is 3. The van der Waals surface area contributed by atoms with E-state index in [-0.39, 0.29) is 23.8 Å². The lowest BCUT2D eigenvalue weighted by molar-refractivity contribution is -0.179. The quantitative estimate of drug-likeness (QED) is 0.580. The summed E-state index contributed by atoms with van der Waals surface area (Å²) >= 11 is 0. The fourth-order valence-electron chi connectivity index (χ4n) is 4.63. The molecule has 5 atom stereocenters. The first-order valence-corrected chi connectivity index (χ1v) is 11.8. The van der Waals surface area contributed by atoms with Gasteiger partial charge in [0.05, 0.1) is 18.2 Å². The Morgan fingerprint density at radius 1 is 1.00 bits per heavy atom. The van der Waals surface area contributed by atoms with Crippen LogP contribution in [-0.2, 0) is 19.1 Å². The summed E-state index contributed by atoms with van der Waals surface area (Å²) in [5.74, 6) is -0.808. The fourth-order valence-corrected chi connectivity index (χ4v) is 4.63. The van der Waals surface area contributed by atoms with E-state index >= 15 is 0 Å². The Kier molecular flexibility index (Phi) is 7.29. The molecule has 2 aromatic carbocycles. The second kappa shape index (κ2) is 10.4. The number of nitrogens with zero attached hydrogens (tertiary/aromatic N) is 1. The van der Waals surface area contributed by atoms with Crippen LogP contribution in [0.4, 0.5) is 0 Å². The van der Waals surface area contributed by atoms with Crippen LogP contribution in [0.3, 0.4) is 0 Å². The highest BCUT2D eigenvalue weighted by atomic mass is 16.5. The number of carbonyl (C=O) groups excluding carboxylic acids is 3. The topological polar surface area (TPSA) is 99.8 Å². The minimum atomic E-state index is -0.841. The third-order valence-electron chi connectivity index (χ3n) is 6.67. The number of nitrogens with one attached hydrogen (secondary N) is 3. The fraction of sp³-hybridized carbons (Fsp3) is 0.423. The van der Waals surface area contributed by atoms with E-state index in [1.807, 2.05) is 60.7 Å². The van der Waals surface area contributed by atoms with E-state index in [4.69, 9.17) is 4.74 Å². The molecule has 0 aromatic heterocycles. The Bertz CT molecular complexity index is 976. The number of fused-ring (bicyclic) bond motifs is 1. The molecule has 0 bridgehead atoms. The number of ether oxygens (including phenoxy) is 1. The van der Waals surface area contributed by atoms with Gasteiger partial charge in [-0.3, -0.25) is 14.4 Å². The molecule has 3 N–H and O–H groups in total. The molecule has 2 aromatic rings. The molecule has 2 fully saturated rings. The molecule has 0 radical (unpaired) electrons. The van der Waals surface area contributed by atoms with Crippen molar-refractivity contribution < 1.29 is 19.1 Å². The third kappa shape index (κ3) is 4.83. The van der Waals surface area contributed by atoms with Crippen molar-refractivity contribution in [2.45, 2.75) is 63.2 Å². The highest BCUT2D eigenvalue weighted by Gasteiger charge is 2.50. The predicted molar refractivity (Wildman–Crippen MR) is 128 cm³/mol. The second-order valence-electron chi connectivity index (χ2n) is 8.89. The number of likely N-dealkylation sites (N-methyl/N-ethyl adjacent to an activating group) is 1. The van der Waals surface area contributed by atoms with Gasteiger partial charge in [0, 0.05) is 0 Å². The Hall–Kier alpha value is -3.23. The summed E-state index contributed by atoms with van der Waals surface area (Å²) in [5.41, 5.74) is 1.91. The Morgan fingerprint density at radius 3 is 2.15 bits per heavy atom. The summed E-state index contributed by atoms with van der Waals surface area (Å²) in [6.45, 7) is 3.49. The monoisotopic (exact) mass is 464 g/mol. The molecular weight excluding hydrogens is 432 g/mol. The highest BCUT2D eigenvalue weighted by Crippen LogP contribution is 2.32. The number of hydrogen-bond acceptors (Lipinski definition) is 5. The maximum Gasteiger partial charge on any atom is 0.250 e. The maximum absolute atomic E-state index is 13.5. The van der Waals surface area contributed by atoms with E-state index in [2.05, 4.69) is 16.0 Å². The zero-order valence-corrected chi connectivity index (χ0v) is 19.7. The summed E-state index contributed by atoms with van der Waals surface area (Å²) in [6.07, 6.45) is 0.118. The third-order valence-corrected chi connectivity index (χ3v) is 6.67. The minimum absolute atomic E-state index is 0.236. The summed E-state index contributed by atoms with van der Waals surface area (Å²) in [7, 11) is 1.68. The Labute approximate surface area is 200 Å². The highest BCUT2D eigenvalue weighted by molar-refractivity contribution is 5.94. The van der Waals surface area contributed by atoms with Crippen LogP contribution in [-0.4, -0.2) is 60.1 Å². The van der Waals surface area contributed by atoms with Gasteiger partial charge in [-0.2, -0.15) is 0 Å². The van der Waals surface area contributed by atoms with Crippen LogP contribution in [0.1, 0.15) is 43.9 Å². The van der Waals surface area contributed by atoms with Gasteiger partial charge in [0.2, 0.25) is 11.8 Å². The van der Waals surface area contributed by atoms with Gasteiger partial charge >= 0.3 is 0 Å². The number of rotatable bonds is 7. The van der Waals surface area contributed by atoms with Gasteiger partial charge in [-0.05, 0) is 44.9 Å². The standard InChI is InChI=1S/C26H32N4O4/c1-16(27-3)24(31)28-22-17(2)34-21-15-14-20(30(21)26(22)33)25(32)29-23(18-10-6-4-7-11-18)19-12-8-5-9-13-19/h4-13,16-17,20-23,27H,14-15H2,1-3H3,(H,28,31)(H,29,32)/t16-,17+,20-,21-,22-/m0/s1. The van der Waals surface area contributed by atoms with E-state index in [0.29, 0.717) is 12.8 Å². The minimum Gasteiger partial charge on any atom is -0.353 e. The van der Waals surface area contributed by atoms with Crippen molar-refractivity contribution in [2.24, 2.45) is 0 Å². The molecule has 0 spiro atoms. The molecule has 8 heteroatoms. The normalized spacial score (nSPS) is 25.1.